The fourth-order valence-corrected chi connectivity index (χ4v) is 2.77. The summed E-state index contributed by atoms with van der Waals surface area (Å²) in [6, 6.07) is 7.55. The van der Waals surface area contributed by atoms with Crippen LogP contribution in [0.3, 0.4) is 0 Å². The number of carbonyl (C=O) groups is 2. The molecule has 106 valence electrons. The lowest BCUT2D eigenvalue weighted by Gasteiger charge is -2.08. The number of carboxylic acids is 1. The van der Waals surface area contributed by atoms with E-state index in [1.54, 1.807) is 23.6 Å². The Morgan fingerprint density at radius 3 is 2.67 bits per heavy atom. The molecule has 0 aliphatic carbocycles. The van der Waals surface area contributed by atoms with Gasteiger partial charge in [-0.25, -0.2) is 9.59 Å². The average Bonchev–Trinajstić information content (AvgIpc) is 2.89. The fraction of sp³-hybridized carbons (Fsp3) is 0. The largest absolute Gasteiger partial charge is 0.478 e. The molecule has 0 aliphatic rings. The Morgan fingerprint density at radius 2 is 2.05 bits per heavy atom. The number of thiophene rings is 1. The summed E-state index contributed by atoms with van der Waals surface area (Å²) in [7, 11) is 0. The molecule has 0 spiro atoms. The van der Waals surface area contributed by atoms with E-state index >= 15 is 0 Å². The van der Waals surface area contributed by atoms with Gasteiger partial charge < -0.3 is 10.4 Å². The minimum absolute atomic E-state index is 0.0362. The molecule has 2 amide bonds. The molecule has 1 heterocycles. The van der Waals surface area contributed by atoms with Gasteiger partial charge in [-0.3, -0.25) is 5.32 Å². The summed E-state index contributed by atoms with van der Waals surface area (Å²) in [5.74, 6) is -1.11. The number of carbonyl (C=O) groups excluding carboxylic acids is 1. The van der Waals surface area contributed by atoms with Gasteiger partial charge in [0, 0.05) is 4.47 Å². The lowest BCUT2D eigenvalue weighted by atomic mass is 10.2. The maximum atomic E-state index is 11.9. The van der Waals surface area contributed by atoms with Gasteiger partial charge in [-0.15, -0.1) is 11.3 Å². The van der Waals surface area contributed by atoms with E-state index in [1.165, 1.54) is 6.07 Å². The van der Waals surface area contributed by atoms with Crippen LogP contribution in [-0.2, 0) is 0 Å². The Morgan fingerprint density at radius 1 is 1.29 bits per heavy atom. The van der Waals surface area contributed by atoms with E-state index < -0.39 is 12.0 Å². The van der Waals surface area contributed by atoms with Gasteiger partial charge in [-0.05, 0) is 45.6 Å². The zero-order valence-corrected chi connectivity index (χ0v) is 12.8. The number of urea groups is 1. The molecule has 0 saturated heterocycles. The van der Waals surface area contributed by atoms with Gasteiger partial charge in [0.25, 0.3) is 0 Å². The number of anilines is 2. The molecule has 8 heteroatoms. The quantitative estimate of drug-likeness (QED) is 0.770. The minimum Gasteiger partial charge on any atom is -0.478 e. The Labute approximate surface area is 132 Å². The van der Waals surface area contributed by atoms with Gasteiger partial charge in [0.2, 0.25) is 0 Å². The summed E-state index contributed by atoms with van der Waals surface area (Å²) < 4.78 is 0.557. The van der Waals surface area contributed by atoms with Crippen LogP contribution in [0.4, 0.5) is 15.5 Å². The van der Waals surface area contributed by atoms with Crippen LogP contribution in [0.5, 0.6) is 0 Å². The number of carboxylic acid groups (broad SMARTS) is 1. The van der Waals surface area contributed by atoms with Gasteiger partial charge >= 0.3 is 12.0 Å². The van der Waals surface area contributed by atoms with Gasteiger partial charge in [0.05, 0.1) is 22.9 Å². The first-order valence-corrected chi connectivity index (χ1v) is 7.27. The number of benzene rings is 1. The molecule has 0 fully saturated rings. The normalized spacial score (nSPS) is 9.71. The zero-order valence-electron chi connectivity index (χ0n) is 10.4. The molecule has 0 atom stereocenters. The van der Waals surface area contributed by atoms with E-state index in [9.17, 15) is 9.59 Å². The number of nitrogens with one attached hydrogen (secondary N) is 2. The molecule has 6 nitrogen and oxygen atoms in total. The van der Waals surface area contributed by atoms with Gasteiger partial charge in [-0.2, -0.15) is 5.26 Å². The van der Waals surface area contributed by atoms with Crippen molar-refractivity contribution in [3.05, 3.63) is 45.2 Å². The Balaban J connectivity index is 2.10. The lowest BCUT2D eigenvalue weighted by molar-refractivity contribution is 0.0698. The van der Waals surface area contributed by atoms with Crippen molar-refractivity contribution in [3.8, 4) is 6.07 Å². The molecular formula is C13H8BrN3O3S. The van der Waals surface area contributed by atoms with Crippen molar-refractivity contribution in [2.24, 2.45) is 0 Å². The molecule has 0 saturated carbocycles. The Kier molecular flexibility index (Phi) is 4.57. The lowest BCUT2D eigenvalue weighted by Crippen LogP contribution is -2.20. The predicted molar refractivity (Wildman–Crippen MR) is 82.8 cm³/mol. The smallest absolute Gasteiger partial charge is 0.338 e. The third kappa shape index (κ3) is 3.59. The van der Waals surface area contributed by atoms with Crippen molar-refractivity contribution < 1.29 is 14.7 Å². The number of hydrogen-bond acceptors (Lipinski definition) is 4. The predicted octanol–water partition coefficient (Wildman–Crippen LogP) is 3.72. The highest BCUT2D eigenvalue weighted by Crippen LogP contribution is 2.25. The van der Waals surface area contributed by atoms with Crippen molar-refractivity contribution >= 4 is 50.0 Å². The SMILES string of the molecule is N#Cc1ccc(NC(=O)Nc2sccc2C(=O)O)c(Br)c1. The third-order valence-corrected chi connectivity index (χ3v) is 3.96. The van der Waals surface area contributed by atoms with Gasteiger partial charge in [0.1, 0.15) is 5.00 Å². The highest BCUT2D eigenvalue weighted by Gasteiger charge is 2.14. The van der Waals surface area contributed by atoms with Crippen LogP contribution in [-0.4, -0.2) is 17.1 Å². The topological polar surface area (TPSA) is 102 Å². The van der Waals surface area contributed by atoms with Crippen LogP contribution in [0, 0.1) is 11.3 Å². The summed E-state index contributed by atoms with van der Waals surface area (Å²) in [6.45, 7) is 0. The molecule has 1 aromatic carbocycles. The zero-order chi connectivity index (χ0) is 15.4. The maximum absolute atomic E-state index is 11.9. The summed E-state index contributed by atoms with van der Waals surface area (Å²) in [5, 5.41) is 24.6. The highest BCUT2D eigenvalue weighted by atomic mass is 79.9. The van der Waals surface area contributed by atoms with E-state index in [1.807, 2.05) is 6.07 Å². The Bertz CT molecular complexity index is 751. The summed E-state index contributed by atoms with van der Waals surface area (Å²) in [6.07, 6.45) is 0. The molecule has 1 aromatic heterocycles. The second-order valence-corrected chi connectivity index (χ2v) is 5.62. The van der Waals surface area contributed by atoms with Crippen molar-refractivity contribution in [1.82, 2.24) is 0 Å². The van der Waals surface area contributed by atoms with Crippen LogP contribution >= 0.6 is 27.3 Å². The first-order chi connectivity index (χ1) is 10.0. The number of nitrogens with zero attached hydrogens (tertiary/aromatic N) is 1. The number of aromatic carboxylic acids is 1. The molecule has 2 aromatic rings. The minimum atomic E-state index is -1.11. The van der Waals surface area contributed by atoms with Crippen LogP contribution in [0.2, 0.25) is 0 Å². The second kappa shape index (κ2) is 6.39. The second-order valence-electron chi connectivity index (χ2n) is 3.85. The molecular weight excluding hydrogens is 358 g/mol. The molecule has 21 heavy (non-hydrogen) atoms. The summed E-state index contributed by atoms with van der Waals surface area (Å²) >= 11 is 4.37. The van der Waals surface area contributed by atoms with E-state index in [2.05, 4.69) is 26.6 Å². The van der Waals surface area contributed by atoms with Crippen molar-refractivity contribution in [3.63, 3.8) is 0 Å². The van der Waals surface area contributed by atoms with Crippen LogP contribution in [0.25, 0.3) is 0 Å². The molecule has 0 aliphatic heterocycles. The van der Waals surface area contributed by atoms with Gasteiger partial charge in [-0.1, -0.05) is 0 Å². The first kappa shape index (κ1) is 15.0. The van der Waals surface area contributed by atoms with Crippen LogP contribution < -0.4 is 10.6 Å². The first-order valence-electron chi connectivity index (χ1n) is 5.59. The average molecular weight is 366 g/mol. The van der Waals surface area contributed by atoms with Crippen molar-refractivity contribution in [2.75, 3.05) is 10.6 Å². The molecule has 2 rings (SSSR count). The number of amides is 2. The number of rotatable bonds is 3. The van der Waals surface area contributed by atoms with Crippen molar-refractivity contribution in [2.45, 2.75) is 0 Å². The standard InChI is InChI=1S/C13H8BrN3O3S/c14-9-5-7(6-15)1-2-10(9)16-13(20)17-11-8(12(18)19)3-4-21-11/h1-5H,(H,18,19)(H2,16,17,20). The number of nitriles is 1. The molecule has 0 unspecified atom stereocenters. The molecule has 3 N–H and O–H groups in total. The maximum Gasteiger partial charge on any atom is 0.338 e. The van der Waals surface area contributed by atoms with E-state index in [4.69, 9.17) is 10.4 Å². The monoisotopic (exact) mass is 365 g/mol. The fourth-order valence-electron chi connectivity index (χ4n) is 1.52. The summed E-state index contributed by atoms with van der Waals surface area (Å²) in [4.78, 5) is 22.8. The molecule has 0 bridgehead atoms. The van der Waals surface area contributed by atoms with Crippen LogP contribution in [0.1, 0.15) is 15.9 Å². The number of halogens is 1. The highest BCUT2D eigenvalue weighted by molar-refractivity contribution is 9.10. The van der Waals surface area contributed by atoms with E-state index in [0.717, 1.165) is 11.3 Å². The van der Waals surface area contributed by atoms with E-state index in [0.29, 0.717) is 15.7 Å². The van der Waals surface area contributed by atoms with Crippen molar-refractivity contribution in [1.29, 1.82) is 5.26 Å². The molecule has 0 radical (unpaired) electrons. The Hall–Kier alpha value is -2.37. The number of hydrogen-bond donors (Lipinski definition) is 3. The van der Waals surface area contributed by atoms with Crippen LogP contribution in [0.15, 0.2) is 34.1 Å². The van der Waals surface area contributed by atoms with Gasteiger partial charge in [0.15, 0.2) is 0 Å². The third-order valence-electron chi connectivity index (χ3n) is 2.47. The summed E-state index contributed by atoms with van der Waals surface area (Å²) in [5.41, 5.74) is 0.966. The van der Waals surface area contributed by atoms with E-state index in [-0.39, 0.29) is 10.6 Å².